The molecule has 0 N–H and O–H groups in total. The number of hydrogen-bond acceptors (Lipinski definition) is 2. The molecule has 1 heterocycles. The van der Waals surface area contributed by atoms with Crippen molar-refractivity contribution < 1.29 is 22.7 Å². The number of aromatic nitrogens is 1. The fourth-order valence-corrected chi connectivity index (χ4v) is 2.19. The summed E-state index contributed by atoms with van der Waals surface area (Å²) in [4.78, 5) is 12.3. The third-order valence-corrected chi connectivity index (χ3v) is 3.03. The average Bonchev–Trinajstić information content (AvgIpc) is 2.76. The van der Waals surface area contributed by atoms with E-state index in [1.54, 1.807) is 39.0 Å². The average molecular weight is 323 g/mol. The van der Waals surface area contributed by atoms with Crippen molar-refractivity contribution >= 4 is 22.6 Å². The molecular formula is C17H16F3NO2. The maximum absolute atomic E-state index is 13.2. The highest BCUT2D eigenvalue weighted by atomic mass is 19.4. The molecule has 6 heteroatoms. The van der Waals surface area contributed by atoms with Gasteiger partial charge in [0.1, 0.15) is 11.2 Å². The van der Waals surface area contributed by atoms with Gasteiger partial charge in [-0.25, -0.2) is 4.79 Å². The molecule has 0 aliphatic heterocycles. The van der Waals surface area contributed by atoms with E-state index in [2.05, 4.69) is 6.58 Å². The van der Waals surface area contributed by atoms with Gasteiger partial charge in [0.05, 0.1) is 5.52 Å². The highest BCUT2D eigenvalue weighted by molar-refractivity contribution is 5.98. The Hall–Kier alpha value is -2.46. The summed E-state index contributed by atoms with van der Waals surface area (Å²) >= 11 is 0. The van der Waals surface area contributed by atoms with Crippen LogP contribution in [0.5, 0.6) is 0 Å². The predicted octanol–water partition coefficient (Wildman–Crippen LogP) is 5.16. The third kappa shape index (κ3) is 3.48. The summed E-state index contributed by atoms with van der Waals surface area (Å²) in [6.45, 7) is 8.17. The summed E-state index contributed by atoms with van der Waals surface area (Å²) in [5, 5.41) is 0.279. The summed E-state index contributed by atoms with van der Waals surface area (Å²) in [7, 11) is 0. The third-order valence-electron chi connectivity index (χ3n) is 3.03. The molecule has 0 unspecified atom stereocenters. The lowest BCUT2D eigenvalue weighted by Gasteiger charge is -2.19. The largest absolute Gasteiger partial charge is 0.443 e. The molecule has 2 rings (SSSR count). The number of para-hydroxylation sites is 1. The first-order valence-corrected chi connectivity index (χ1v) is 6.85. The molecule has 0 atom stereocenters. The van der Waals surface area contributed by atoms with Gasteiger partial charge < -0.3 is 4.74 Å². The molecule has 0 aliphatic rings. The van der Waals surface area contributed by atoms with E-state index >= 15 is 0 Å². The molecule has 0 spiro atoms. The van der Waals surface area contributed by atoms with Crippen molar-refractivity contribution in [2.45, 2.75) is 32.5 Å². The van der Waals surface area contributed by atoms with E-state index in [4.69, 9.17) is 4.74 Å². The van der Waals surface area contributed by atoms with Gasteiger partial charge in [0.15, 0.2) is 0 Å². The van der Waals surface area contributed by atoms with Gasteiger partial charge in [-0.3, -0.25) is 4.57 Å². The molecule has 0 aliphatic carbocycles. The Morgan fingerprint density at radius 3 is 2.35 bits per heavy atom. The van der Waals surface area contributed by atoms with Crippen LogP contribution in [-0.2, 0) is 4.74 Å². The van der Waals surface area contributed by atoms with E-state index in [9.17, 15) is 18.0 Å². The lowest BCUT2D eigenvalue weighted by molar-refractivity contribution is -0.0687. The number of rotatable bonds is 1. The van der Waals surface area contributed by atoms with Gasteiger partial charge in [0, 0.05) is 17.1 Å². The minimum atomic E-state index is -4.62. The molecule has 23 heavy (non-hydrogen) atoms. The second-order valence-corrected chi connectivity index (χ2v) is 5.96. The lowest BCUT2D eigenvalue weighted by Crippen LogP contribution is -2.26. The minimum absolute atomic E-state index is 0.158. The SMILES string of the molecule is C=C=C(c1cn(C(=O)OC(C)(C)C)c2ccccc12)C(F)(F)F. The molecular weight excluding hydrogens is 307 g/mol. The van der Waals surface area contributed by atoms with Crippen LogP contribution in [0.3, 0.4) is 0 Å². The fourth-order valence-electron chi connectivity index (χ4n) is 2.19. The molecule has 2 aromatic rings. The topological polar surface area (TPSA) is 31.2 Å². The van der Waals surface area contributed by atoms with E-state index in [1.165, 1.54) is 6.07 Å². The molecule has 0 radical (unpaired) electrons. The summed E-state index contributed by atoms with van der Waals surface area (Å²) in [6, 6.07) is 6.30. The molecule has 0 bridgehead atoms. The zero-order chi connectivity index (χ0) is 17.4. The fraction of sp³-hybridized carbons (Fsp3) is 0.294. The Labute approximate surface area is 131 Å². The molecule has 0 fully saturated rings. The van der Waals surface area contributed by atoms with E-state index in [0.717, 1.165) is 10.8 Å². The van der Waals surface area contributed by atoms with Crippen molar-refractivity contribution in [1.82, 2.24) is 4.57 Å². The highest BCUT2D eigenvalue weighted by Crippen LogP contribution is 2.37. The molecule has 1 aromatic carbocycles. The Kier molecular flexibility index (Phi) is 4.14. The van der Waals surface area contributed by atoms with Crippen molar-refractivity contribution in [1.29, 1.82) is 0 Å². The Morgan fingerprint density at radius 2 is 1.83 bits per heavy atom. The van der Waals surface area contributed by atoms with Crippen molar-refractivity contribution in [3.05, 3.63) is 48.3 Å². The summed E-state index contributed by atoms with van der Waals surface area (Å²) in [5.41, 5.74) is 0.319. The van der Waals surface area contributed by atoms with Crippen molar-refractivity contribution in [3.63, 3.8) is 0 Å². The number of hydrogen-bond donors (Lipinski definition) is 0. The van der Waals surface area contributed by atoms with Gasteiger partial charge in [-0.05, 0) is 26.8 Å². The smallest absolute Gasteiger partial charge is 0.424 e. The van der Waals surface area contributed by atoms with Crippen LogP contribution in [0.4, 0.5) is 18.0 Å². The quantitative estimate of drug-likeness (QED) is 0.679. The molecule has 0 amide bonds. The van der Waals surface area contributed by atoms with Crippen LogP contribution in [0, 0.1) is 0 Å². The number of benzene rings is 1. The molecule has 122 valence electrons. The van der Waals surface area contributed by atoms with Gasteiger partial charge in [0.2, 0.25) is 0 Å². The number of carbonyl (C=O) groups is 1. The van der Waals surface area contributed by atoms with Gasteiger partial charge >= 0.3 is 12.3 Å². The van der Waals surface area contributed by atoms with Crippen molar-refractivity contribution in [3.8, 4) is 0 Å². The molecule has 3 nitrogen and oxygen atoms in total. The van der Waals surface area contributed by atoms with Crippen LogP contribution in [0.15, 0.2) is 42.8 Å². The van der Waals surface area contributed by atoms with E-state index in [0.29, 0.717) is 5.52 Å². The number of allylic oxidation sites excluding steroid dienone is 1. The number of halogens is 3. The number of carbonyl (C=O) groups excluding carboxylic acids is 1. The van der Waals surface area contributed by atoms with Crippen LogP contribution in [0.25, 0.3) is 16.5 Å². The van der Waals surface area contributed by atoms with Crippen LogP contribution < -0.4 is 0 Å². The number of nitrogens with zero attached hydrogens (tertiary/aromatic N) is 1. The van der Waals surface area contributed by atoms with Gasteiger partial charge in [-0.1, -0.05) is 24.8 Å². The van der Waals surface area contributed by atoms with E-state index in [1.807, 2.05) is 5.73 Å². The van der Waals surface area contributed by atoms with Crippen LogP contribution in [-0.4, -0.2) is 22.4 Å². The van der Waals surface area contributed by atoms with Crippen molar-refractivity contribution in [2.75, 3.05) is 0 Å². The normalized spacial score (nSPS) is 12.1. The number of ether oxygens (including phenoxy) is 1. The minimum Gasteiger partial charge on any atom is -0.443 e. The van der Waals surface area contributed by atoms with Crippen LogP contribution in [0.1, 0.15) is 26.3 Å². The Morgan fingerprint density at radius 1 is 1.22 bits per heavy atom. The Bertz CT molecular complexity index is 803. The molecule has 0 saturated heterocycles. The van der Waals surface area contributed by atoms with Gasteiger partial charge in [-0.2, -0.15) is 13.2 Å². The predicted molar refractivity (Wildman–Crippen MR) is 82.2 cm³/mol. The first-order valence-electron chi connectivity index (χ1n) is 6.85. The van der Waals surface area contributed by atoms with Crippen molar-refractivity contribution in [2.24, 2.45) is 0 Å². The maximum atomic E-state index is 13.2. The van der Waals surface area contributed by atoms with Gasteiger partial charge in [-0.15, -0.1) is 5.73 Å². The molecule has 0 saturated carbocycles. The summed E-state index contributed by atoms with van der Waals surface area (Å²) < 4.78 is 45.8. The monoisotopic (exact) mass is 323 g/mol. The second kappa shape index (κ2) is 5.63. The number of fused-ring (bicyclic) bond motifs is 1. The summed E-state index contributed by atoms with van der Waals surface area (Å²) in [5.74, 6) is 0. The second-order valence-electron chi connectivity index (χ2n) is 5.96. The Balaban J connectivity index is 2.67. The summed E-state index contributed by atoms with van der Waals surface area (Å²) in [6.07, 6.45) is -4.25. The van der Waals surface area contributed by atoms with Gasteiger partial charge in [0.25, 0.3) is 0 Å². The first-order chi connectivity index (χ1) is 10.5. The lowest BCUT2D eigenvalue weighted by atomic mass is 10.1. The van der Waals surface area contributed by atoms with Crippen LogP contribution in [0.2, 0.25) is 0 Å². The number of alkyl halides is 3. The molecule has 1 aromatic heterocycles. The standard InChI is InChI=1S/C17H16F3NO2/c1-5-13(17(18,19)20)12-10-21(15(22)23-16(2,3)4)14-9-7-6-8-11(12)14/h6-10H,1H2,2-4H3. The zero-order valence-corrected chi connectivity index (χ0v) is 13.0. The maximum Gasteiger partial charge on any atom is 0.424 e. The zero-order valence-electron chi connectivity index (χ0n) is 13.0. The van der Waals surface area contributed by atoms with Crippen LogP contribution >= 0.6 is 0 Å². The van der Waals surface area contributed by atoms with E-state index in [-0.39, 0.29) is 10.9 Å². The highest BCUT2D eigenvalue weighted by Gasteiger charge is 2.37. The van der Waals surface area contributed by atoms with E-state index < -0.39 is 23.4 Å². The first kappa shape index (κ1) is 16.9.